The lowest BCUT2D eigenvalue weighted by molar-refractivity contribution is 0.0984. The molecule has 7 heteroatoms. The number of amides is 1. The van der Waals surface area contributed by atoms with Crippen molar-refractivity contribution in [2.45, 2.75) is 20.4 Å². The largest absolute Gasteiger partial charge is 0.409 e. The van der Waals surface area contributed by atoms with Gasteiger partial charge in [0.15, 0.2) is 5.84 Å². The molecule has 4 N–H and O–H groups in total. The number of halogens is 1. The molecule has 0 aliphatic heterocycles. The van der Waals surface area contributed by atoms with Gasteiger partial charge in [-0.3, -0.25) is 4.79 Å². The summed E-state index contributed by atoms with van der Waals surface area (Å²) in [6.07, 6.45) is 0. The van der Waals surface area contributed by atoms with Crippen LogP contribution in [0.15, 0.2) is 59.8 Å². The molecule has 0 bridgehead atoms. The summed E-state index contributed by atoms with van der Waals surface area (Å²) >= 11 is 0. The van der Waals surface area contributed by atoms with E-state index in [9.17, 15) is 9.18 Å². The Morgan fingerprint density at radius 2 is 1.79 bits per heavy atom. The number of benzene rings is 2. The van der Waals surface area contributed by atoms with Crippen LogP contribution in [-0.2, 0) is 6.54 Å². The molecule has 1 heterocycles. The number of carbonyl (C=O) groups is 1. The summed E-state index contributed by atoms with van der Waals surface area (Å²) in [6.45, 7) is 4.01. The summed E-state index contributed by atoms with van der Waals surface area (Å²) in [5.74, 6) is -0.543. The summed E-state index contributed by atoms with van der Waals surface area (Å²) in [7, 11) is 0. The number of nitrogens with zero attached hydrogens (tertiary/aromatic N) is 2. The number of aromatic amines is 1. The molecule has 0 spiro atoms. The summed E-state index contributed by atoms with van der Waals surface area (Å²) in [4.78, 5) is 18.0. The number of hydrogen-bond donors (Lipinski definition) is 3. The van der Waals surface area contributed by atoms with E-state index in [-0.39, 0.29) is 24.1 Å². The number of carbonyl (C=O) groups excluding carboxylic acids is 1. The maximum atomic E-state index is 13.4. The minimum atomic E-state index is -0.368. The van der Waals surface area contributed by atoms with Crippen molar-refractivity contribution in [3.63, 3.8) is 0 Å². The Morgan fingerprint density at radius 3 is 2.32 bits per heavy atom. The van der Waals surface area contributed by atoms with Crippen molar-refractivity contribution in [3.8, 4) is 0 Å². The number of nitrogens with one attached hydrogen (secondary N) is 1. The Balaban J connectivity index is 1.95. The van der Waals surface area contributed by atoms with Crippen LogP contribution < -0.4 is 10.6 Å². The number of hydrogen-bond acceptors (Lipinski definition) is 3. The fourth-order valence-corrected chi connectivity index (χ4v) is 3.01. The maximum Gasteiger partial charge on any atom is 0.260 e. The minimum Gasteiger partial charge on any atom is -0.409 e. The molecule has 1 amide bonds. The molecule has 2 aromatic carbocycles. The molecule has 6 nitrogen and oxygen atoms in total. The highest BCUT2D eigenvalue weighted by Crippen LogP contribution is 2.23. The highest BCUT2D eigenvalue weighted by atomic mass is 19.1. The van der Waals surface area contributed by atoms with Crippen LogP contribution in [0.1, 0.15) is 32.9 Å². The first-order chi connectivity index (χ1) is 13.4. The van der Waals surface area contributed by atoms with Gasteiger partial charge in [0.05, 0.1) is 12.1 Å². The number of anilines is 1. The molecule has 0 aliphatic carbocycles. The molecule has 0 saturated carbocycles. The Morgan fingerprint density at radius 1 is 1.14 bits per heavy atom. The fraction of sp³-hybridized carbons (Fsp3) is 0.143. The van der Waals surface area contributed by atoms with Gasteiger partial charge in [-0.2, -0.15) is 0 Å². The molecule has 0 aliphatic rings. The summed E-state index contributed by atoms with van der Waals surface area (Å²) < 4.78 is 13.4. The van der Waals surface area contributed by atoms with Gasteiger partial charge in [0, 0.05) is 22.6 Å². The van der Waals surface area contributed by atoms with E-state index < -0.39 is 0 Å². The van der Waals surface area contributed by atoms with Gasteiger partial charge in [-0.05, 0) is 49.7 Å². The Bertz CT molecular complexity index is 1010. The smallest absolute Gasteiger partial charge is 0.260 e. The summed E-state index contributed by atoms with van der Waals surface area (Å²) in [5, 5.41) is 11.8. The average Bonchev–Trinajstić information content (AvgIpc) is 3.04. The van der Waals surface area contributed by atoms with Gasteiger partial charge in [0.2, 0.25) is 0 Å². The Labute approximate surface area is 162 Å². The number of amidine groups is 1. The number of aromatic nitrogens is 1. The molecule has 3 aromatic rings. The standard InChI is InChI=1S/C21H21FN4O2/c1-13-11-19(14(2)24-13)21(27)26(18-9-7-17(22)8-10-18)12-15-3-5-16(6-4-15)20(23)25-28/h3-11,24,28H,12H2,1-2H3,(H2,23,25). The molecular formula is C21H21FN4O2. The molecule has 3 rings (SSSR count). The average molecular weight is 380 g/mol. The van der Waals surface area contributed by atoms with E-state index in [2.05, 4.69) is 10.1 Å². The number of nitrogens with two attached hydrogens (primary N) is 1. The van der Waals surface area contributed by atoms with Crippen LogP contribution in [0.3, 0.4) is 0 Å². The van der Waals surface area contributed by atoms with Crippen molar-refractivity contribution in [1.29, 1.82) is 0 Å². The minimum absolute atomic E-state index is 0.0106. The first-order valence-electron chi connectivity index (χ1n) is 8.69. The van der Waals surface area contributed by atoms with Crippen molar-refractivity contribution in [3.05, 3.63) is 88.5 Å². The monoisotopic (exact) mass is 380 g/mol. The molecule has 0 fully saturated rings. The van der Waals surface area contributed by atoms with Crippen LogP contribution in [0.2, 0.25) is 0 Å². The molecule has 28 heavy (non-hydrogen) atoms. The summed E-state index contributed by atoms with van der Waals surface area (Å²) in [6, 6.07) is 14.6. The Kier molecular flexibility index (Phi) is 5.44. The molecule has 0 radical (unpaired) electrons. The van der Waals surface area contributed by atoms with Crippen molar-refractivity contribution < 1.29 is 14.4 Å². The third-order valence-electron chi connectivity index (χ3n) is 4.46. The summed E-state index contributed by atoms with van der Waals surface area (Å²) in [5.41, 5.74) is 9.83. The second-order valence-corrected chi connectivity index (χ2v) is 6.54. The topological polar surface area (TPSA) is 94.7 Å². The molecule has 0 saturated heterocycles. The second-order valence-electron chi connectivity index (χ2n) is 6.54. The van der Waals surface area contributed by atoms with Gasteiger partial charge in [0.25, 0.3) is 5.91 Å². The van der Waals surface area contributed by atoms with E-state index in [1.54, 1.807) is 47.4 Å². The highest BCUT2D eigenvalue weighted by molar-refractivity contribution is 6.07. The van der Waals surface area contributed by atoms with Crippen molar-refractivity contribution in [2.24, 2.45) is 10.9 Å². The van der Waals surface area contributed by atoms with E-state index in [1.165, 1.54) is 12.1 Å². The lowest BCUT2D eigenvalue weighted by Crippen LogP contribution is -2.30. The molecule has 1 aromatic heterocycles. The lowest BCUT2D eigenvalue weighted by atomic mass is 10.1. The fourth-order valence-electron chi connectivity index (χ4n) is 3.01. The first kappa shape index (κ1) is 19.2. The van der Waals surface area contributed by atoms with Crippen LogP contribution in [0.4, 0.5) is 10.1 Å². The van der Waals surface area contributed by atoms with Gasteiger partial charge in [-0.25, -0.2) is 4.39 Å². The molecular weight excluding hydrogens is 359 g/mol. The lowest BCUT2D eigenvalue weighted by Gasteiger charge is -2.23. The predicted molar refractivity (Wildman–Crippen MR) is 106 cm³/mol. The van der Waals surface area contributed by atoms with E-state index in [1.807, 2.05) is 13.8 Å². The zero-order valence-corrected chi connectivity index (χ0v) is 15.6. The van der Waals surface area contributed by atoms with Gasteiger partial charge < -0.3 is 20.8 Å². The van der Waals surface area contributed by atoms with Gasteiger partial charge in [-0.1, -0.05) is 29.4 Å². The first-order valence-corrected chi connectivity index (χ1v) is 8.69. The quantitative estimate of drug-likeness (QED) is 0.272. The number of oxime groups is 1. The van der Waals surface area contributed by atoms with Crippen LogP contribution in [0.5, 0.6) is 0 Å². The normalized spacial score (nSPS) is 11.5. The number of rotatable bonds is 5. The maximum absolute atomic E-state index is 13.4. The number of H-pyrrole nitrogens is 1. The predicted octanol–water partition coefficient (Wildman–Crippen LogP) is 3.71. The molecule has 144 valence electrons. The number of aryl methyl sites for hydroxylation is 2. The zero-order chi connectivity index (χ0) is 20.3. The van der Waals surface area contributed by atoms with Crippen LogP contribution in [-0.4, -0.2) is 21.9 Å². The van der Waals surface area contributed by atoms with Crippen molar-refractivity contribution in [1.82, 2.24) is 4.98 Å². The van der Waals surface area contributed by atoms with Crippen LogP contribution in [0, 0.1) is 19.7 Å². The Hall–Kier alpha value is -3.61. The molecule has 0 atom stereocenters. The van der Waals surface area contributed by atoms with Gasteiger partial charge in [0.1, 0.15) is 5.82 Å². The van der Waals surface area contributed by atoms with Crippen LogP contribution >= 0.6 is 0 Å². The van der Waals surface area contributed by atoms with Crippen LogP contribution in [0.25, 0.3) is 0 Å². The van der Waals surface area contributed by atoms with Crippen molar-refractivity contribution >= 4 is 17.4 Å². The third kappa shape index (κ3) is 4.03. The zero-order valence-electron chi connectivity index (χ0n) is 15.6. The highest BCUT2D eigenvalue weighted by Gasteiger charge is 2.21. The molecule has 0 unspecified atom stereocenters. The SMILES string of the molecule is Cc1cc(C(=O)N(Cc2ccc(C(N)=NO)cc2)c2ccc(F)cc2)c(C)[nH]1. The third-order valence-corrected chi connectivity index (χ3v) is 4.46. The van der Waals surface area contributed by atoms with Gasteiger partial charge in [-0.15, -0.1) is 0 Å². The van der Waals surface area contributed by atoms with E-state index in [4.69, 9.17) is 10.9 Å². The van der Waals surface area contributed by atoms with Crippen molar-refractivity contribution in [2.75, 3.05) is 4.90 Å². The van der Waals surface area contributed by atoms with E-state index in [0.29, 0.717) is 16.8 Å². The second kappa shape index (κ2) is 7.96. The van der Waals surface area contributed by atoms with E-state index >= 15 is 0 Å². The van der Waals surface area contributed by atoms with Gasteiger partial charge >= 0.3 is 0 Å². The van der Waals surface area contributed by atoms with E-state index in [0.717, 1.165) is 17.0 Å².